The zero-order valence-electron chi connectivity index (χ0n) is 16.4. The molecule has 29 heavy (non-hydrogen) atoms. The lowest BCUT2D eigenvalue weighted by molar-refractivity contribution is 0.414. The van der Waals surface area contributed by atoms with E-state index in [2.05, 4.69) is 96.0 Å². The van der Waals surface area contributed by atoms with E-state index in [0.717, 1.165) is 33.8 Å². The molecule has 0 aliphatic heterocycles. The van der Waals surface area contributed by atoms with Crippen molar-refractivity contribution in [1.29, 1.82) is 0 Å². The van der Waals surface area contributed by atoms with Crippen molar-refractivity contribution in [1.82, 2.24) is 0 Å². The molecule has 0 bridgehead atoms. The summed E-state index contributed by atoms with van der Waals surface area (Å²) in [6.45, 7) is 0. The molecule has 0 N–H and O–H groups in total. The third-order valence-electron chi connectivity index (χ3n) is 4.79. The Balaban J connectivity index is 1.91. The first-order chi connectivity index (χ1) is 14.3. The number of hydrogen-bond acceptors (Lipinski definition) is 2. The fourth-order valence-electron chi connectivity index (χ4n) is 3.33. The van der Waals surface area contributed by atoms with Gasteiger partial charge in [0.2, 0.25) is 0 Å². The first-order valence-electron chi connectivity index (χ1n) is 9.66. The van der Waals surface area contributed by atoms with E-state index in [1.54, 1.807) is 7.11 Å². The van der Waals surface area contributed by atoms with Crippen LogP contribution in [0.15, 0.2) is 121 Å². The highest BCUT2D eigenvalue weighted by Crippen LogP contribution is 2.32. The van der Waals surface area contributed by atoms with Gasteiger partial charge in [-0.3, -0.25) is 0 Å². The van der Waals surface area contributed by atoms with E-state index in [1.807, 2.05) is 30.3 Å². The summed E-state index contributed by atoms with van der Waals surface area (Å²) in [5.74, 6) is 0.843. The van der Waals surface area contributed by atoms with Crippen LogP contribution in [0.2, 0.25) is 0 Å². The Morgan fingerprint density at radius 2 is 1.14 bits per heavy atom. The number of rotatable bonds is 6. The molecule has 0 aliphatic rings. The van der Waals surface area contributed by atoms with Crippen molar-refractivity contribution in [3.8, 4) is 5.75 Å². The predicted octanol–water partition coefficient (Wildman–Crippen LogP) is 6.92. The van der Waals surface area contributed by atoms with Gasteiger partial charge in [-0.1, -0.05) is 78.9 Å². The van der Waals surface area contributed by atoms with Crippen molar-refractivity contribution in [2.24, 2.45) is 0 Å². The maximum Gasteiger partial charge on any atom is 0.119 e. The first kappa shape index (κ1) is 18.6. The highest BCUT2D eigenvalue weighted by molar-refractivity contribution is 5.84. The molecule has 0 aliphatic carbocycles. The van der Waals surface area contributed by atoms with Crippen LogP contribution in [-0.4, -0.2) is 7.11 Å². The molecule has 4 aromatic rings. The minimum Gasteiger partial charge on any atom is -0.497 e. The molecule has 0 fully saturated rings. The van der Waals surface area contributed by atoms with Crippen molar-refractivity contribution >= 4 is 16.9 Å². The molecule has 0 unspecified atom stereocenters. The van der Waals surface area contributed by atoms with Crippen LogP contribution in [0.3, 0.4) is 0 Å². The van der Waals surface area contributed by atoms with Gasteiger partial charge in [0.05, 0.1) is 7.11 Å². The maximum absolute atomic E-state index is 5.47. The second-order valence-corrected chi connectivity index (χ2v) is 6.68. The Hall–Kier alpha value is -3.78. The van der Waals surface area contributed by atoms with E-state index in [4.69, 9.17) is 4.74 Å². The van der Waals surface area contributed by atoms with E-state index in [0.29, 0.717) is 0 Å². The summed E-state index contributed by atoms with van der Waals surface area (Å²) in [7, 11) is 1.70. The fourth-order valence-corrected chi connectivity index (χ4v) is 3.33. The van der Waals surface area contributed by atoms with Gasteiger partial charge in [-0.2, -0.15) is 0 Å². The molecule has 0 atom stereocenters. The average Bonchev–Trinajstić information content (AvgIpc) is 2.81. The number of benzene rings is 4. The zero-order chi connectivity index (χ0) is 19.9. The smallest absolute Gasteiger partial charge is 0.119 e. The molecule has 2 nitrogen and oxygen atoms in total. The van der Waals surface area contributed by atoms with Crippen LogP contribution in [0, 0.1) is 0 Å². The summed E-state index contributed by atoms with van der Waals surface area (Å²) >= 11 is 0. The molecule has 0 spiro atoms. The van der Waals surface area contributed by atoms with Crippen molar-refractivity contribution in [3.05, 3.63) is 133 Å². The number of ether oxygens (including phenoxy) is 1. The third kappa shape index (κ3) is 4.39. The Bertz CT molecular complexity index is 1030. The van der Waals surface area contributed by atoms with Crippen molar-refractivity contribution in [3.63, 3.8) is 0 Å². The van der Waals surface area contributed by atoms with Gasteiger partial charge >= 0.3 is 0 Å². The predicted molar refractivity (Wildman–Crippen MR) is 122 cm³/mol. The lowest BCUT2D eigenvalue weighted by atomic mass is 9.98. The van der Waals surface area contributed by atoms with Gasteiger partial charge in [0.15, 0.2) is 0 Å². The van der Waals surface area contributed by atoms with Gasteiger partial charge < -0.3 is 9.64 Å². The number of hydrogen-bond donors (Lipinski definition) is 0. The summed E-state index contributed by atoms with van der Waals surface area (Å²) < 4.78 is 5.47. The molecule has 0 heterocycles. The maximum atomic E-state index is 5.47. The van der Waals surface area contributed by atoms with Crippen LogP contribution in [0.4, 0.5) is 11.4 Å². The summed E-state index contributed by atoms with van der Waals surface area (Å²) in [5, 5.41) is 0. The molecule has 0 radical (unpaired) electrons. The second-order valence-electron chi connectivity index (χ2n) is 6.68. The Morgan fingerprint density at radius 3 is 1.69 bits per heavy atom. The highest BCUT2D eigenvalue weighted by Gasteiger charge is 2.12. The molecule has 4 aromatic carbocycles. The number of para-hydroxylation sites is 2. The van der Waals surface area contributed by atoms with Crippen molar-refractivity contribution in [2.45, 2.75) is 0 Å². The quantitative estimate of drug-likeness (QED) is 0.361. The summed E-state index contributed by atoms with van der Waals surface area (Å²) in [4.78, 5) is 2.22. The number of anilines is 2. The van der Waals surface area contributed by atoms with Gasteiger partial charge in [0, 0.05) is 23.1 Å². The molecular formula is C27H23NO. The number of nitrogens with zero attached hydrogens (tertiary/aromatic N) is 1. The SMILES string of the molecule is COc1cccc(/C(=C\N(c2ccccc2)c2ccccc2)c2ccccc2)c1. The van der Waals surface area contributed by atoms with E-state index in [1.165, 1.54) is 0 Å². The molecule has 142 valence electrons. The van der Waals surface area contributed by atoms with Crippen LogP contribution >= 0.6 is 0 Å². The molecule has 4 rings (SSSR count). The average molecular weight is 377 g/mol. The third-order valence-corrected chi connectivity index (χ3v) is 4.79. The summed E-state index contributed by atoms with van der Waals surface area (Å²) in [6.07, 6.45) is 2.20. The van der Waals surface area contributed by atoms with Gasteiger partial charge in [-0.25, -0.2) is 0 Å². The lowest BCUT2D eigenvalue weighted by Crippen LogP contribution is -2.10. The monoisotopic (exact) mass is 377 g/mol. The van der Waals surface area contributed by atoms with Crippen molar-refractivity contribution in [2.75, 3.05) is 12.0 Å². The lowest BCUT2D eigenvalue weighted by Gasteiger charge is -2.23. The minimum atomic E-state index is 0.843. The van der Waals surface area contributed by atoms with E-state index in [-0.39, 0.29) is 0 Å². The van der Waals surface area contributed by atoms with Crippen molar-refractivity contribution < 1.29 is 4.74 Å². The highest BCUT2D eigenvalue weighted by atomic mass is 16.5. The first-order valence-corrected chi connectivity index (χ1v) is 9.66. The molecule has 0 saturated carbocycles. The minimum absolute atomic E-state index is 0.843. The molecule has 0 amide bonds. The van der Waals surface area contributed by atoms with Crippen LogP contribution < -0.4 is 9.64 Å². The second kappa shape index (κ2) is 8.94. The van der Waals surface area contributed by atoms with Gasteiger partial charge in [0.1, 0.15) is 5.75 Å². The summed E-state index contributed by atoms with van der Waals surface area (Å²) in [6, 6.07) is 39.5. The normalized spacial score (nSPS) is 11.1. The van der Waals surface area contributed by atoms with Gasteiger partial charge in [-0.15, -0.1) is 0 Å². The van der Waals surface area contributed by atoms with Gasteiger partial charge in [0.25, 0.3) is 0 Å². The zero-order valence-corrected chi connectivity index (χ0v) is 16.4. The Kier molecular flexibility index (Phi) is 5.73. The molecular weight excluding hydrogens is 354 g/mol. The topological polar surface area (TPSA) is 12.5 Å². The standard InChI is InChI=1S/C27H23NO/c1-29-26-19-11-14-23(20-26)27(22-12-5-2-6-13-22)21-28(24-15-7-3-8-16-24)25-17-9-4-10-18-25/h2-21H,1H3/b27-21-. The van der Waals surface area contributed by atoms with Crippen LogP contribution in [0.5, 0.6) is 5.75 Å². The summed E-state index contributed by atoms with van der Waals surface area (Å²) in [5.41, 5.74) is 5.59. The van der Waals surface area contributed by atoms with E-state index in [9.17, 15) is 0 Å². The Morgan fingerprint density at radius 1 is 0.621 bits per heavy atom. The van der Waals surface area contributed by atoms with Crippen LogP contribution in [0.25, 0.3) is 5.57 Å². The molecule has 2 heteroatoms. The Labute approximate surface area is 172 Å². The van der Waals surface area contributed by atoms with Crippen LogP contribution in [-0.2, 0) is 0 Å². The van der Waals surface area contributed by atoms with E-state index >= 15 is 0 Å². The van der Waals surface area contributed by atoms with E-state index < -0.39 is 0 Å². The fraction of sp³-hybridized carbons (Fsp3) is 0.0370. The number of methoxy groups -OCH3 is 1. The molecule has 0 aromatic heterocycles. The molecule has 0 saturated heterocycles. The largest absolute Gasteiger partial charge is 0.497 e. The van der Waals surface area contributed by atoms with Crippen LogP contribution in [0.1, 0.15) is 11.1 Å². The van der Waals surface area contributed by atoms with Gasteiger partial charge in [-0.05, 0) is 47.5 Å².